The zero-order valence-corrected chi connectivity index (χ0v) is 19.5. The van der Waals surface area contributed by atoms with Gasteiger partial charge in [-0.1, -0.05) is 54.2 Å². The second kappa shape index (κ2) is 10.3. The van der Waals surface area contributed by atoms with Crippen molar-refractivity contribution in [3.05, 3.63) is 96.3 Å². The van der Waals surface area contributed by atoms with Gasteiger partial charge < -0.3 is 14.8 Å². The van der Waals surface area contributed by atoms with Crippen LogP contribution in [0.4, 0.5) is 5.69 Å². The molecule has 1 atom stereocenters. The van der Waals surface area contributed by atoms with E-state index in [-0.39, 0.29) is 5.91 Å². The largest absolute Gasteiger partial charge is 0.497 e. The smallest absolute Gasteiger partial charge is 0.242 e. The van der Waals surface area contributed by atoms with Crippen molar-refractivity contribution in [2.45, 2.75) is 17.3 Å². The molecule has 0 bridgehead atoms. The molecular formula is C26H25N3O3S. The molecule has 4 aromatic rings. The van der Waals surface area contributed by atoms with Crippen LogP contribution in [0.15, 0.2) is 90.3 Å². The van der Waals surface area contributed by atoms with E-state index in [1.54, 1.807) is 20.4 Å². The molecule has 1 amide bonds. The fourth-order valence-corrected chi connectivity index (χ4v) is 4.53. The summed E-state index contributed by atoms with van der Waals surface area (Å²) < 4.78 is 12.8. The first-order chi connectivity index (χ1) is 16.1. The Hall–Kier alpha value is -3.71. The number of amides is 1. The molecule has 1 N–H and O–H groups in total. The van der Waals surface area contributed by atoms with Crippen molar-refractivity contribution in [3.63, 3.8) is 0 Å². The van der Waals surface area contributed by atoms with Crippen LogP contribution >= 0.6 is 11.8 Å². The molecule has 1 aromatic heterocycles. The SMILES string of the molecule is COc1cccc(-n2ccnc2SC(C(=O)Nc2cc(C)ccc2OC)c2ccccc2)c1. The summed E-state index contributed by atoms with van der Waals surface area (Å²) in [5.74, 6) is 1.21. The number of aromatic nitrogens is 2. The van der Waals surface area contributed by atoms with Crippen molar-refractivity contribution in [1.29, 1.82) is 0 Å². The Kier molecular flexibility index (Phi) is 7.00. The number of hydrogen-bond acceptors (Lipinski definition) is 5. The first kappa shape index (κ1) is 22.5. The maximum Gasteiger partial charge on any atom is 0.242 e. The number of carbonyl (C=O) groups is 1. The topological polar surface area (TPSA) is 65.4 Å². The lowest BCUT2D eigenvalue weighted by Crippen LogP contribution is -2.20. The average Bonchev–Trinajstić information content (AvgIpc) is 3.31. The van der Waals surface area contributed by atoms with Crippen molar-refractivity contribution in [2.24, 2.45) is 0 Å². The molecule has 0 saturated heterocycles. The minimum absolute atomic E-state index is 0.157. The number of methoxy groups -OCH3 is 2. The van der Waals surface area contributed by atoms with Gasteiger partial charge in [-0.15, -0.1) is 0 Å². The molecule has 0 aliphatic heterocycles. The zero-order chi connectivity index (χ0) is 23.2. The number of ether oxygens (including phenoxy) is 2. The number of nitrogens with zero attached hydrogens (tertiary/aromatic N) is 2. The van der Waals surface area contributed by atoms with Crippen LogP contribution in [0.25, 0.3) is 5.69 Å². The van der Waals surface area contributed by atoms with Crippen molar-refractivity contribution >= 4 is 23.4 Å². The molecule has 0 spiro atoms. The molecule has 1 heterocycles. The Morgan fingerprint density at radius 1 is 1.00 bits per heavy atom. The monoisotopic (exact) mass is 459 g/mol. The Balaban J connectivity index is 1.67. The number of benzene rings is 3. The van der Waals surface area contributed by atoms with Crippen molar-refractivity contribution < 1.29 is 14.3 Å². The van der Waals surface area contributed by atoms with Gasteiger partial charge >= 0.3 is 0 Å². The van der Waals surface area contributed by atoms with E-state index in [2.05, 4.69) is 10.3 Å². The molecule has 0 saturated carbocycles. The highest BCUT2D eigenvalue weighted by atomic mass is 32.2. The highest BCUT2D eigenvalue weighted by Crippen LogP contribution is 2.37. The van der Waals surface area contributed by atoms with Gasteiger partial charge in [0.1, 0.15) is 16.7 Å². The van der Waals surface area contributed by atoms with E-state index in [1.165, 1.54) is 11.8 Å². The standard InChI is InChI=1S/C26H25N3O3S/c1-18-12-13-23(32-3)22(16-18)28-25(30)24(19-8-5-4-6-9-19)33-26-27-14-15-29(26)20-10-7-11-21(17-20)31-2/h4-17,24H,1-3H3,(H,28,30). The van der Waals surface area contributed by atoms with Gasteiger partial charge in [0.15, 0.2) is 5.16 Å². The summed E-state index contributed by atoms with van der Waals surface area (Å²) in [5, 5.41) is 3.22. The van der Waals surface area contributed by atoms with Gasteiger partial charge in [0, 0.05) is 18.5 Å². The minimum Gasteiger partial charge on any atom is -0.497 e. The highest BCUT2D eigenvalue weighted by molar-refractivity contribution is 8.00. The summed E-state index contributed by atoms with van der Waals surface area (Å²) in [6, 6.07) is 23.1. The minimum atomic E-state index is -0.525. The van der Waals surface area contributed by atoms with Crippen LogP contribution in [-0.2, 0) is 4.79 Å². The van der Waals surface area contributed by atoms with E-state index in [1.807, 2.05) is 90.5 Å². The normalized spacial score (nSPS) is 11.6. The van der Waals surface area contributed by atoms with E-state index in [9.17, 15) is 4.79 Å². The van der Waals surface area contributed by atoms with Crippen LogP contribution < -0.4 is 14.8 Å². The maximum atomic E-state index is 13.5. The van der Waals surface area contributed by atoms with Crippen molar-refractivity contribution in [2.75, 3.05) is 19.5 Å². The first-order valence-corrected chi connectivity index (χ1v) is 11.3. The molecule has 6 nitrogen and oxygen atoms in total. The Bertz CT molecular complexity index is 1240. The van der Waals surface area contributed by atoms with Crippen LogP contribution in [-0.4, -0.2) is 29.7 Å². The number of thioether (sulfide) groups is 1. The molecule has 7 heteroatoms. The van der Waals surface area contributed by atoms with Gasteiger partial charge in [0.2, 0.25) is 5.91 Å². The summed E-state index contributed by atoms with van der Waals surface area (Å²) in [6.45, 7) is 1.98. The second-order valence-electron chi connectivity index (χ2n) is 7.38. The van der Waals surface area contributed by atoms with Crippen LogP contribution in [0.5, 0.6) is 11.5 Å². The van der Waals surface area contributed by atoms with Gasteiger partial charge in [-0.3, -0.25) is 9.36 Å². The van der Waals surface area contributed by atoms with Gasteiger partial charge in [0.05, 0.1) is 25.6 Å². The Morgan fingerprint density at radius 3 is 2.58 bits per heavy atom. The van der Waals surface area contributed by atoms with E-state index in [0.717, 1.165) is 22.6 Å². The fourth-order valence-electron chi connectivity index (χ4n) is 3.46. The lowest BCUT2D eigenvalue weighted by atomic mass is 10.1. The number of aryl methyl sites for hydroxylation is 1. The number of carbonyl (C=O) groups excluding carboxylic acids is 1. The number of hydrogen-bond donors (Lipinski definition) is 1. The first-order valence-electron chi connectivity index (χ1n) is 10.4. The number of imidazole rings is 1. The summed E-state index contributed by atoms with van der Waals surface area (Å²) >= 11 is 1.39. The Labute approximate surface area is 197 Å². The summed E-state index contributed by atoms with van der Waals surface area (Å²) in [4.78, 5) is 18.1. The van der Waals surface area contributed by atoms with Gasteiger partial charge in [0.25, 0.3) is 0 Å². The van der Waals surface area contributed by atoms with Gasteiger partial charge in [-0.2, -0.15) is 0 Å². The lowest BCUT2D eigenvalue weighted by molar-refractivity contribution is -0.115. The second-order valence-corrected chi connectivity index (χ2v) is 8.46. The van der Waals surface area contributed by atoms with Crippen LogP contribution in [0.3, 0.4) is 0 Å². The quantitative estimate of drug-likeness (QED) is 0.344. The summed E-state index contributed by atoms with van der Waals surface area (Å²) in [5.41, 5.74) is 3.46. The highest BCUT2D eigenvalue weighted by Gasteiger charge is 2.25. The van der Waals surface area contributed by atoms with Crippen LogP contribution in [0.2, 0.25) is 0 Å². The predicted octanol–water partition coefficient (Wildman–Crippen LogP) is 5.67. The van der Waals surface area contributed by atoms with Crippen LogP contribution in [0, 0.1) is 6.92 Å². The maximum absolute atomic E-state index is 13.5. The van der Waals surface area contributed by atoms with Crippen molar-refractivity contribution in [1.82, 2.24) is 9.55 Å². The molecule has 33 heavy (non-hydrogen) atoms. The number of rotatable bonds is 8. The van der Waals surface area contributed by atoms with E-state index in [4.69, 9.17) is 9.47 Å². The molecule has 0 radical (unpaired) electrons. The lowest BCUT2D eigenvalue weighted by Gasteiger charge is -2.19. The molecule has 1 unspecified atom stereocenters. The van der Waals surface area contributed by atoms with E-state index in [0.29, 0.717) is 16.6 Å². The summed E-state index contributed by atoms with van der Waals surface area (Å²) in [6.07, 6.45) is 3.60. The summed E-state index contributed by atoms with van der Waals surface area (Å²) in [7, 11) is 3.23. The molecule has 0 fully saturated rings. The van der Waals surface area contributed by atoms with Crippen molar-refractivity contribution in [3.8, 4) is 17.2 Å². The third kappa shape index (κ3) is 5.21. The van der Waals surface area contributed by atoms with Crippen LogP contribution in [0.1, 0.15) is 16.4 Å². The van der Waals surface area contributed by atoms with Gasteiger partial charge in [-0.25, -0.2) is 4.98 Å². The number of nitrogens with one attached hydrogen (secondary N) is 1. The predicted molar refractivity (Wildman–Crippen MR) is 132 cm³/mol. The van der Waals surface area contributed by atoms with E-state index >= 15 is 0 Å². The average molecular weight is 460 g/mol. The number of anilines is 1. The molecule has 4 rings (SSSR count). The van der Waals surface area contributed by atoms with E-state index < -0.39 is 5.25 Å². The van der Waals surface area contributed by atoms with Gasteiger partial charge in [-0.05, 0) is 42.3 Å². The molecule has 3 aromatic carbocycles. The molecule has 0 aliphatic rings. The third-order valence-electron chi connectivity index (χ3n) is 5.11. The zero-order valence-electron chi connectivity index (χ0n) is 18.7. The fraction of sp³-hybridized carbons (Fsp3) is 0.154. The molecule has 168 valence electrons. The Morgan fingerprint density at radius 2 is 1.82 bits per heavy atom. The molecular weight excluding hydrogens is 434 g/mol. The molecule has 0 aliphatic carbocycles. The third-order valence-corrected chi connectivity index (χ3v) is 6.35.